The predicted octanol–water partition coefficient (Wildman–Crippen LogP) is 5.21. The minimum Gasteiger partial charge on any atom is -0.484 e. The Bertz CT molecular complexity index is 904. The molecule has 2 aromatic carbocycles. The van der Waals surface area contributed by atoms with E-state index in [2.05, 4.69) is 26.1 Å². The van der Waals surface area contributed by atoms with Crippen LogP contribution in [0.5, 0.6) is 5.75 Å². The number of carbonyl (C=O) groups is 2. The number of benzene rings is 2. The molecule has 32 heavy (non-hydrogen) atoms. The van der Waals surface area contributed by atoms with E-state index < -0.39 is 6.04 Å². The van der Waals surface area contributed by atoms with E-state index in [-0.39, 0.29) is 30.4 Å². The molecule has 0 aliphatic rings. The first-order valence-electron chi connectivity index (χ1n) is 11.0. The highest BCUT2D eigenvalue weighted by Crippen LogP contribution is 2.24. The van der Waals surface area contributed by atoms with Gasteiger partial charge in [-0.2, -0.15) is 0 Å². The number of hydrogen-bond donors (Lipinski definition) is 1. The van der Waals surface area contributed by atoms with Gasteiger partial charge in [0.1, 0.15) is 11.8 Å². The lowest BCUT2D eigenvalue weighted by molar-refractivity contribution is -0.142. The van der Waals surface area contributed by atoms with E-state index in [1.807, 2.05) is 50.2 Å². The van der Waals surface area contributed by atoms with Gasteiger partial charge in [-0.1, -0.05) is 70.5 Å². The van der Waals surface area contributed by atoms with E-state index in [1.165, 1.54) is 10.5 Å². The van der Waals surface area contributed by atoms with E-state index in [4.69, 9.17) is 16.3 Å². The van der Waals surface area contributed by atoms with Crippen LogP contribution in [-0.2, 0) is 21.5 Å². The zero-order valence-electron chi connectivity index (χ0n) is 19.9. The molecule has 0 radical (unpaired) electrons. The Balaban J connectivity index is 2.12. The Kier molecular flexibility index (Phi) is 9.14. The van der Waals surface area contributed by atoms with E-state index in [1.54, 1.807) is 19.1 Å². The van der Waals surface area contributed by atoms with Gasteiger partial charge in [0, 0.05) is 18.1 Å². The molecule has 174 valence electrons. The van der Waals surface area contributed by atoms with Crippen LogP contribution < -0.4 is 10.1 Å². The van der Waals surface area contributed by atoms with Gasteiger partial charge in [-0.15, -0.1) is 0 Å². The van der Waals surface area contributed by atoms with Crippen molar-refractivity contribution in [2.45, 2.75) is 59.5 Å². The fourth-order valence-electron chi connectivity index (χ4n) is 3.15. The fraction of sp³-hybridized carbons (Fsp3) is 0.462. The standard InChI is InChI=1S/C26H35ClN2O3/c1-18(2)15-28-25(31)19(3)29(16-20-8-7-9-22(27)14-20)24(30)17-32-23-12-10-21(11-13-23)26(4,5)6/h7-14,18-19H,15-17H2,1-6H3,(H,28,31)/t19-/m0/s1. The van der Waals surface area contributed by atoms with Crippen LogP contribution in [0, 0.1) is 5.92 Å². The minimum atomic E-state index is -0.646. The fourth-order valence-corrected chi connectivity index (χ4v) is 3.36. The number of amides is 2. The van der Waals surface area contributed by atoms with Crippen LogP contribution in [0.1, 0.15) is 52.7 Å². The van der Waals surface area contributed by atoms with Gasteiger partial charge in [-0.3, -0.25) is 9.59 Å². The van der Waals surface area contributed by atoms with Crippen molar-refractivity contribution in [3.05, 3.63) is 64.7 Å². The van der Waals surface area contributed by atoms with Crippen molar-refractivity contribution in [3.8, 4) is 5.75 Å². The van der Waals surface area contributed by atoms with Gasteiger partial charge in [-0.25, -0.2) is 0 Å². The van der Waals surface area contributed by atoms with Crippen molar-refractivity contribution in [2.75, 3.05) is 13.2 Å². The first kappa shape index (κ1) is 25.7. The van der Waals surface area contributed by atoms with Crippen molar-refractivity contribution < 1.29 is 14.3 Å². The van der Waals surface area contributed by atoms with Gasteiger partial charge in [0.25, 0.3) is 5.91 Å². The highest BCUT2D eigenvalue weighted by Gasteiger charge is 2.26. The van der Waals surface area contributed by atoms with Crippen LogP contribution >= 0.6 is 11.6 Å². The molecule has 2 rings (SSSR count). The van der Waals surface area contributed by atoms with Crippen LogP contribution in [0.25, 0.3) is 0 Å². The topological polar surface area (TPSA) is 58.6 Å². The molecule has 0 saturated carbocycles. The smallest absolute Gasteiger partial charge is 0.261 e. The third kappa shape index (κ3) is 7.86. The lowest BCUT2D eigenvalue weighted by atomic mass is 9.87. The number of rotatable bonds is 9. The lowest BCUT2D eigenvalue weighted by Gasteiger charge is -2.29. The zero-order valence-corrected chi connectivity index (χ0v) is 20.7. The number of hydrogen-bond acceptors (Lipinski definition) is 3. The number of nitrogens with one attached hydrogen (secondary N) is 1. The van der Waals surface area contributed by atoms with Crippen LogP contribution in [0.4, 0.5) is 0 Å². The molecule has 0 aliphatic carbocycles. The van der Waals surface area contributed by atoms with E-state index >= 15 is 0 Å². The second-order valence-corrected chi connectivity index (χ2v) is 9.97. The average molecular weight is 459 g/mol. The summed E-state index contributed by atoms with van der Waals surface area (Å²) in [5, 5.41) is 3.49. The summed E-state index contributed by atoms with van der Waals surface area (Å²) in [5.74, 6) is 0.481. The zero-order chi connectivity index (χ0) is 23.9. The molecule has 0 aliphatic heterocycles. The Morgan fingerprint density at radius 1 is 1.06 bits per heavy atom. The maximum Gasteiger partial charge on any atom is 0.261 e. The Morgan fingerprint density at radius 2 is 1.72 bits per heavy atom. The second-order valence-electron chi connectivity index (χ2n) is 9.53. The van der Waals surface area contributed by atoms with E-state index in [9.17, 15) is 9.59 Å². The van der Waals surface area contributed by atoms with Gasteiger partial charge in [0.05, 0.1) is 0 Å². The van der Waals surface area contributed by atoms with Crippen LogP contribution in [0.2, 0.25) is 5.02 Å². The van der Waals surface area contributed by atoms with E-state index in [0.29, 0.717) is 23.2 Å². The van der Waals surface area contributed by atoms with Gasteiger partial charge in [-0.05, 0) is 53.6 Å². The summed E-state index contributed by atoms with van der Waals surface area (Å²) >= 11 is 6.11. The predicted molar refractivity (Wildman–Crippen MR) is 130 cm³/mol. The van der Waals surface area contributed by atoms with Gasteiger partial charge in [0.15, 0.2) is 6.61 Å². The molecular formula is C26H35ClN2O3. The summed E-state index contributed by atoms with van der Waals surface area (Å²) in [6.07, 6.45) is 0. The van der Waals surface area contributed by atoms with Crippen LogP contribution in [0.15, 0.2) is 48.5 Å². The number of nitrogens with zero attached hydrogens (tertiary/aromatic N) is 1. The molecule has 5 nitrogen and oxygen atoms in total. The minimum absolute atomic E-state index is 0.0425. The molecule has 0 bridgehead atoms. The highest BCUT2D eigenvalue weighted by atomic mass is 35.5. The van der Waals surface area contributed by atoms with Gasteiger partial charge < -0.3 is 15.0 Å². The summed E-state index contributed by atoms with van der Waals surface area (Å²) in [7, 11) is 0. The Hall–Kier alpha value is -2.53. The molecule has 6 heteroatoms. The summed E-state index contributed by atoms with van der Waals surface area (Å²) in [5.41, 5.74) is 2.08. The number of ether oxygens (including phenoxy) is 1. The Labute approximate surface area is 197 Å². The molecule has 1 N–H and O–H groups in total. The van der Waals surface area contributed by atoms with Crippen molar-refractivity contribution in [2.24, 2.45) is 5.92 Å². The van der Waals surface area contributed by atoms with E-state index in [0.717, 1.165) is 5.56 Å². The molecule has 0 saturated heterocycles. The molecular weight excluding hydrogens is 424 g/mol. The van der Waals surface area contributed by atoms with Gasteiger partial charge in [0.2, 0.25) is 5.91 Å². The molecule has 0 unspecified atom stereocenters. The molecule has 2 amide bonds. The third-order valence-corrected chi connectivity index (χ3v) is 5.41. The van der Waals surface area contributed by atoms with Crippen molar-refractivity contribution in [1.82, 2.24) is 10.2 Å². The maximum atomic E-state index is 13.1. The lowest BCUT2D eigenvalue weighted by Crippen LogP contribution is -2.49. The summed E-state index contributed by atoms with van der Waals surface area (Å²) < 4.78 is 5.76. The average Bonchev–Trinajstić information content (AvgIpc) is 2.73. The number of halogens is 1. The molecule has 0 spiro atoms. The van der Waals surface area contributed by atoms with Crippen molar-refractivity contribution in [1.29, 1.82) is 0 Å². The third-order valence-electron chi connectivity index (χ3n) is 5.18. The quantitative estimate of drug-likeness (QED) is 0.561. The summed E-state index contributed by atoms with van der Waals surface area (Å²) in [6, 6.07) is 14.4. The highest BCUT2D eigenvalue weighted by molar-refractivity contribution is 6.30. The SMILES string of the molecule is CC(C)CNC(=O)[C@H](C)N(Cc1cccc(Cl)c1)C(=O)COc1ccc(C(C)(C)C)cc1. The second kappa shape index (κ2) is 11.4. The molecule has 0 fully saturated rings. The van der Waals surface area contributed by atoms with Gasteiger partial charge >= 0.3 is 0 Å². The van der Waals surface area contributed by atoms with Crippen LogP contribution in [0.3, 0.4) is 0 Å². The first-order valence-corrected chi connectivity index (χ1v) is 11.4. The monoisotopic (exact) mass is 458 g/mol. The van der Waals surface area contributed by atoms with Crippen LogP contribution in [-0.4, -0.2) is 35.9 Å². The molecule has 2 aromatic rings. The first-order chi connectivity index (χ1) is 15.0. The summed E-state index contributed by atoms with van der Waals surface area (Å²) in [6.45, 7) is 12.9. The van der Waals surface area contributed by atoms with Crippen molar-refractivity contribution in [3.63, 3.8) is 0 Å². The largest absolute Gasteiger partial charge is 0.484 e. The summed E-state index contributed by atoms with van der Waals surface area (Å²) in [4.78, 5) is 27.3. The Morgan fingerprint density at radius 3 is 2.28 bits per heavy atom. The number of carbonyl (C=O) groups excluding carboxylic acids is 2. The molecule has 0 aromatic heterocycles. The van der Waals surface area contributed by atoms with Crippen molar-refractivity contribution >= 4 is 23.4 Å². The molecule has 1 atom stereocenters. The molecule has 0 heterocycles. The maximum absolute atomic E-state index is 13.1. The normalized spacial score (nSPS) is 12.4.